The van der Waals surface area contributed by atoms with Gasteiger partial charge in [-0.1, -0.05) is 22.0 Å². The molecule has 0 aromatic heterocycles. The molecule has 0 saturated carbocycles. The Morgan fingerprint density at radius 1 is 1.09 bits per heavy atom. The summed E-state index contributed by atoms with van der Waals surface area (Å²) < 4.78 is 31.4. The molecule has 3 aromatic carbocycles. The fourth-order valence-electron chi connectivity index (χ4n) is 3.92. The van der Waals surface area contributed by atoms with Gasteiger partial charge in [0.2, 0.25) is 0 Å². The summed E-state index contributed by atoms with van der Waals surface area (Å²) in [6.45, 7) is 1.04. The number of ether oxygens (including phenoxy) is 3. The normalized spacial score (nSPS) is 14.9. The number of thiocarbonyl (C=S) groups is 1. The van der Waals surface area contributed by atoms with Crippen LogP contribution in [0.4, 0.5) is 10.1 Å². The van der Waals surface area contributed by atoms with Gasteiger partial charge in [-0.2, -0.15) is 0 Å². The van der Waals surface area contributed by atoms with Crippen LogP contribution >= 0.6 is 28.1 Å². The van der Waals surface area contributed by atoms with Gasteiger partial charge in [-0.15, -0.1) is 0 Å². The van der Waals surface area contributed by atoms with Crippen molar-refractivity contribution in [3.8, 4) is 17.2 Å². The largest absolute Gasteiger partial charge is 0.493 e. The van der Waals surface area contributed by atoms with E-state index in [1.54, 1.807) is 26.4 Å². The van der Waals surface area contributed by atoms with Crippen LogP contribution in [0.3, 0.4) is 0 Å². The number of methoxy groups -OCH3 is 2. The maximum atomic E-state index is 13.3. The first-order valence-electron chi connectivity index (χ1n) is 10.4. The zero-order valence-electron chi connectivity index (χ0n) is 18.3. The number of anilines is 1. The van der Waals surface area contributed by atoms with Gasteiger partial charge in [0.25, 0.3) is 0 Å². The molecule has 4 rings (SSSR count). The first kappa shape index (κ1) is 23.3. The van der Waals surface area contributed by atoms with Gasteiger partial charge < -0.3 is 24.4 Å². The molecule has 1 N–H and O–H groups in total. The number of fused-ring (bicyclic) bond motifs is 1. The molecule has 0 aliphatic carbocycles. The van der Waals surface area contributed by atoms with Crippen molar-refractivity contribution in [3.63, 3.8) is 0 Å². The van der Waals surface area contributed by atoms with Crippen LogP contribution in [0.2, 0.25) is 0 Å². The molecular weight excluding hydrogens is 507 g/mol. The molecule has 0 saturated heterocycles. The second-order valence-corrected chi connectivity index (χ2v) is 8.87. The van der Waals surface area contributed by atoms with E-state index >= 15 is 0 Å². The van der Waals surface area contributed by atoms with Crippen LogP contribution in [0.1, 0.15) is 17.2 Å². The Hall–Kier alpha value is -2.84. The summed E-state index contributed by atoms with van der Waals surface area (Å²) in [6.07, 6.45) is 0.795. The number of hydrogen-bond donors (Lipinski definition) is 1. The molecule has 1 heterocycles. The predicted octanol–water partition coefficient (Wildman–Crippen LogP) is 5.98. The van der Waals surface area contributed by atoms with Gasteiger partial charge in [-0.3, -0.25) is 0 Å². The Kier molecular flexibility index (Phi) is 7.35. The van der Waals surface area contributed by atoms with Crippen molar-refractivity contribution in [3.05, 3.63) is 82.1 Å². The van der Waals surface area contributed by atoms with Crippen LogP contribution in [0.25, 0.3) is 0 Å². The summed E-state index contributed by atoms with van der Waals surface area (Å²) in [5, 5.41) is 3.93. The van der Waals surface area contributed by atoms with Crippen LogP contribution in [-0.4, -0.2) is 37.4 Å². The minimum atomic E-state index is -0.303. The number of benzene rings is 3. The van der Waals surface area contributed by atoms with Crippen molar-refractivity contribution in [1.29, 1.82) is 0 Å². The highest BCUT2D eigenvalue weighted by Gasteiger charge is 2.31. The summed E-state index contributed by atoms with van der Waals surface area (Å²) >= 11 is 9.30. The van der Waals surface area contributed by atoms with Crippen LogP contribution < -0.4 is 19.5 Å². The summed E-state index contributed by atoms with van der Waals surface area (Å²) in [5.41, 5.74) is 3.10. The molecule has 1 atom stereocenters. The maximum absolute atomic E-state index is 13.3. The minimum absolute atomic E-state index is 0.175. The molecule has 8 heteroatoms. The highest BCUT2D eigenvalue weighted by Crippen LogP contribution is 2.38. The average molecular weight is 531 g/mol. The molecule has 33 heavy (non-hydrogen) atoms. The zero-order valence-corrected chi connectivity index (χ0v) is 20.7. The van der Waals surface area contributed by atoms with Gasteiger partial charge in [-0.05, 0) is 84.4 Å². The highest BCUT2D eigenvalue weighted by molar-refractivity contribution is 9.10. The van der Waals surface area contributed by atoms with E-state index in [1.807, 2.05) is 36.4 Å². The van der Waals surface area contributed by atoms with Crippen LogP contribution in [-0.2, 0) is 6.42 Å². The molecule has 1 unspecified atom stereocenters. The van der Waals surface area contributed by atoms with Gasteiger partial charge in [0, 0.05) is 16.7 Å². The van der Waals surface area contributed by atoms with Gasteiger partial charge in [0.15, 0.2) is 16.6 Å². The third-order valence-corrected chi connectivity index (χ3v) is 6.39. The maximum Gasteiger partial charge on any atom is 0.174 e. The van der Waals surface area contributed by atoms with E-state index in [9.17, 15) is 4.39 Å². The number of nitrogens with one attached hydrogen (secondary N) is 1. The third-order valence-electron chi connectivity index (χ3n) is 5.56. The van der Waals surface area contributed by atoms with Gasteiger partial charge in [0.1, 0.15) is 18.2 Å². The lowest BCUT2D eigenvalue weighted by Gasteiger charge is -2.39. The van der Waals surface area contributed by atoms with E-state index in [0.717, 1.165) is 27.7 Å². The first-order valence-corrected chi connectivity index (χ1v) is 11.6. The lowest BCUT2D eigenvalue weighted by molar-refractivity contribution is 0.190. The van der Waals surface area contributed by atoms with E-state index < -0.39 is 0 Å². The lowest BCUT2D eigenvalue weighted by Crippen LogP contribution is -2.44. The van der Waals surface area contributed by atoms with E-state index in [-0.39, 0.29) is 11.9 Å². The van der Waals surface area contributed by atoms with Crippen molar-refractivity contribution in [2.75, 3.05) is 32.7 Å². The third kappa shape index (κ3) is 5.39. The second kappa shape index (κ2) is 10.4. The first-order chi connectivity index (χ1) is 16.0. The Bertz CT molecular complexity index is 1140. The second-order valence-electron chi connectivity index (χ2n) is 7.57. The standard InChI is InChI=1S/C25H24BrFN2O3S/c1-30-23-12-16-10-11-29(25(33)28-19-5-3-4-17(26)13-19)22(21(16)14-24(23)31-2)15-32-20-8-6-18(27)7-9-20/h3-9,12-14,22H,10-11,15H2,1-2H3,(H,28,33). The fraction of sp³-hybridized carbons (Fsp3) is 0.240. The van der Waals surface area contributed by atoms with Gasteiger partial charge in [-0.25, -0.2) is 4.39 Å². The quantitative estimate of drug-likeness (QED) is 0.395. The Balaban J connectivity index is 1.64. The molecule has 0 spiro atoms. The van der Waals surface area contributed by atoms with Crippen molar-refractivity contribution in [2.24, 2.45) is 0 Å². The Morgan fingerprint density at radius 3 is 2.52 bits per heavy atom. The number of rotatable bonds is 6. The lowest BCUT2D eigenvalue weighted by atomic mass is 9.92. The fourth-order valence-corrected chi connectivity index (χ4v) is 4.65. The molecule has 0 fully saturated rings. The van der Waals surface area contributed by atoms with Crippen LogP contribution in [0.15, 0.2) is 65.1 Å². The van der Waals surface area contributed by atoms with Gasteiger partial charge in [0.05, 0.1) is 20.3 Å². The molecule has 172 valence electrons. The van der Waals surface area contributed by atoms with E-state index in [1.165, 1.54) is 12.1 Å². The van der Waals surface area contributed by atoms with Gasteiger partial charge >= 0.3 is 0 Å². The molecule has 0 bridgehead atoms. The molecule has 3 aromatic rings. The molecule has 1 aliphatic heterocycles. The monoisotopic (exact) mass is 530 g/mol. The smallest absolute Gasteiger partial charge is 0.174 e. The van der Waals surface area contributed by atoms with Crippen LogP contribution in [0, 0.1) is 5.82 Å². The number of hydrogen-bond acceptors (Lipinski definition) is 4. The molecular formula is C25H24BrFN2O3S. The van der Waals surface area contributed by atoms with E-state index in [2.05, 4.69) is 26.1 Å². The van der Waals surface area contributed by atoms with Crippen molar-refractivity contribution in [1.82, 2.24) is 4.90 Å². The topological polar surface area (TPSA) is 43.0 Å². The zero-order chi connectivity index (χ0) is 23.4. The molecule has 0 radical (unpaired) electrons. The summed E-state index contributed by atoms with van der Waals surface area (Å²) in [4.78, 5) is 2.12. The molecule has 1 aliphatic rings. The average Bonchev–Trinajstić information content (AvgIpc) is 2.82. The Labute approximate surface area is 206 Å². The van der Waals surface area contributed by atoms with Crippen molar-refractivity contribution in [2.45, 2.75) is 12.5 Å². The summed E-state index contributed by atoms with van der Waals surface area (Å²) in [6, 6.07) is 17.7. The van der Waals surface area contributed by atoms with E-state index in [4.69, 9.17) is 26.4 Å². The molecule has 5 nitrogen and oxygen atoms in total. The Morgan fingerprint density at radius 2 is 1.82 bits per heavy atom. The van der Waals surface area contributed by atoms with Crippen molar-refractivity contribution >= 4 is 38.9 Å². The minimum Gasteiger partial charge on any atom is -0.493 e. The van der Waals surface area contributed by atoms with Crippen molar-refractivity contribution < 1.29 is 18.6 Å². The molecule has 0 amide bonds. The van der Waals surface area contributed by atoms with E-state index in [0.29, 0.717) is 35.5 Å². The number of nitrogens with zero attached hydrogens (tertiary/aromatic N) is 1. The SMILES string of the molecule is COc1cc2c(cc1OC)C(COc1ccc(F)cc1)N(C(=S)Nc1cccc(Br)c1)CC2. The highest BCUT2D eigenvalue weighted by atomic mass is 79.9. The predicted molar refractivity (Wildman–Crippen MR) is 135 cm³/mol. The summed E-state index contributed by atoms with van der Waals surface area (Å²) in [7, 11) is 3.25. The van der Waals surface area contributed by atoms with Crippen LogP contribution in [0.5, 0.6) is 17.2 Å². The summed E-state index contributed by atoms with van der Waals surface area (Å²) in [5.74, 6) is 1.63. The number of halogens is 2.